The average molecular weight is 443 g/mol. The minimum absolute atomic E-state index is 0.0548. The summed E-state index contributed by atoms with van der Waals surface area (Å²) in [5, 5.41) is 9.16. The number of aromatic nitrogens is 2. The largest absolute Gasteiger partial charge is 0.331 e. The molecule has 0 fully saturated rings. The Balaban J connectivity index is 1.48. The van der Waals surface area contributed by atoms with E-state index in [4.69, 9.17) is 0 Å². The van der Waals surface area contributed by atoms with Gasteiger partial charge >= 0.3 is 0 Å². The van der Waals surface area contributed by atoms with E-state index in [1.807, 2.05) is 66.9 Å². The van der Waals surface area contributed by atoms with Gasteiger partial charge in [0.2, 0.25) is 0 Å². The van der Waals surface area contributed by atoms with Crippen LogP contribution in [0.4, 0.5) is 16.5 Å². The van der Waals surface area contributed by atoms with E-state index in [0.717, 1.165) is 33.3 Å². The summed E-state index contributed by atoms with van der Waals surface area (Å²) in [4.78, 5) is 21.6. The van der Waals surface area contributed by atoms with Gasteiger partial charge in [0.05, 0.1) is 5.69 Å². The van der Waals surface area contributed by atoms with E-state index in [0.29, 0.717) is 5.56 Å². The van der Waals surface area contributed by atoms with Gasteiger partial charge in [-0.2, -0.15) is 0 Å². The molecule has 0 saturated heterocycles. The van der Waals surface area contributed by atoms with E-state index in [9.17, 15) is 4.79 Å². The Morgan fingerprint density at radius 1 is 1.03 bits per heavy atom. The zero-order valence-corrected chi connectivity index (χ0v) is 19.5. The van der Waals surface area contributed by atoms with E-state index in [-0.39, 0.29) is 11.3 Å². The number of pyridine rings is 1. The Bertz CT molecular complexity index is 1220. The maximum Gasteiger partial charge on any atom is 0.255 e. The predicted octanol–water partition coefficient (Wildman–Crippen LogP) is 6.81. The number of hydrogen-bond acceptors (Lipinski definition) is 5. The van der Waals surface area contributed by atoms with Crippen LogP contribution >= 0.6 is 11.3 Å². The molecule has 4 rings (SSSR count). The lowest BCUT2D eigenvalue weighted by atomic mass is 9.87. The molecule has 0 spiro atoms. The summed E-state index contributed by atoms with van der Waals surface area (Å²) in [5.74, 6) is -0.131. The number of hydrogen-bond donors (Lipinski definition) is 2. The maximum atomic E-state index is 12.7. The zero-order valence-electron chi connectivity index (χ0n) is 18.6. The van der Waals surface area contributed by atoms with Gasteiger partial charge in [-0.1, -0.05) is 39.0 Å². The third-order valence-corrected chi connectivity index (χ3v) is 5.97. The van der Waals surface area contributed by atoms with Gasteiger partial charge in [0.25, 0.3) is 5.91 Å². The summed E-state index contributed by atoms with van der Waals surface area (Å²) in [6, 6.07) is 17.5. The molecule has 1 amide bonds. The monoisotopic (exact) mass is 442 g/mol. The predicted molar refractivity (Wildman–Crippen MR) is 133 cm³/mol. The summed E-state index contributed by atoms with van der Waals surface area (Å²) >= 11 is 1.53. The fourth-order valence-corrected chi connectivity index (χ4v) is 3.98. The topological polar surface area (TPSA) is 66.9 Å². The minimum atomic E-state index is -0.131. The summed E-state index contributed by atoms with van der Waals surface area (Å²) < 4.78 is 0. The molecule has 6 heteroatoms. The Kier molecular flexibility index (Phi) is 6.06. The molecule has 0 aliphatic heterocycles. The molecule has 162 valence electrons. The molecule has 5 nitrogen and oxygen atoms in total. The van der Waals surface area contributed by atoms with Gasteiger partial charge in [-0.15, -0.1) is 11.3 Å². The number of carbonyl (C=O) groups is 1. The highest BCUT2D eigenvalue weighted by molar-refractivity contribution is 7.14. The van der Waals surface area contributed by atoms with Crippen molar-refractivity contribution in [3.63, 3.8) is 0 Å². The van der Waals surface area contributed by atoms with Gasteiger partial charge in [0.1, 0.15) is 0 Å². The summed E-state index contributed by atoms with van der Waals surface area (Å²) in [6.07, 6.45) is 3.55. The Morgan fingerprint density at radius 2 is 1.81 bits per heavy atom. The molecule has 0 radical (unpaired) electrons. The Hall–Kier alpha value is -3.51. The van der Waals surface area contributed by atoms with E-state index in [1.54, 1.807) is 12.4 Å². The van der Waals surface area contributed by atoms with Crippen LogP contribution in [0.5, 0.6) is 0 Å². The van der Waals surface area contributed by atoms with Crippen molar-refractivity contribution >= 4 is 33.8 Å². The molecule has 0 atom stereocenters. The first-order valence-corrected chi connectivity index (χ1v) is 11.3. The second kappa shape index (κ2) is 8.93. The maximum absolute atomic E-state index is 12.7. The molecule has 32 heavy (non-hydrogen) atoms. The molecule has 0 unspecified atom stereocenters. The Morgan fingerprint density at radius 3 is 2.50 bits per heavy atom. The molecule has 0 aliphatic rings. The lowest BCUT2D eigenvalue weighted by Crippen LogP contribution is -2.14. The SMILES string of the molecule is Cc1ccc(NC(=O)c2ccc(C(C)(C)C)cc2)cc1Nc1nc(-c2cccnc2)cs1. The third-order valence-electron chi connectivity index (χ3n) is 5.21. The highest BCUT2D eigenvalue weighted by atomic mass is 32.1. The number of anilines is 3. The number of thiazole rings is 1. The van der Waals surface area contributed by atoms with Crippen LogP contribution in [-0.4, -0.2) is 15.9 Å². The zero-order chi connectivity index (χ0) is 22.7. The van der Waals surface area contributed by atoms with Gasteiger partial charge < -0.3 is 10.6 Å². The normalized spacial score (nSPS) is 11.2. The van der Waals surface area contributed by atoms with Crippen molar-refractivity contribution in [2.75, 3.05) is 10.6 Å². The summed E-state index contributed by atoms with van der Waals surface area (Å²) in [6.45, 7) is 8.50. The molecule has 2 aromatic heterocycles. The lowest BCUT2D eigenvalue weighted by Gasteiger charge is -2.19. The molecule has 0 aliphatic carbocycles. The van der Waals surface area contributed by atoms with Crippen LogP contribution in [0.15, 0.2) is 72.4 Å². The van der Waals surface area contributed by atoms with Crippen LogP contribution < -0.4 is 10.6 Å². The summed E-state index contributed by atoms with van der Waals surface area (Å²) in [7, 11) is 0. The van der Waals surface area contributed by atoms with Crippen molar-refractivity contribution in [1.29, 1.82) is 0 Å². The molecule has 4 aromatic rings. The Labute approximate surface area is 192 Å². The smallest absolute Gasteiger partial charge is 0.255 e. The lowest BCUT2D eigenvalue weighted by molar-refractivity contribution is 0.102. The van der Waals surface area contributed by atoms with Crippen LogP contribution in [0.25, 0.3) is 11.3 Å². The fourth-order valence-electron chi connectivity index (χ4n) is 3.25. The molecule has 0 bridgehead atoms. The molecule has 2 heterocycles. The number of rotatable bonds is 5. The van der Waals surface area contributed by atoms with Gasteiger partial charge in [-0.25, -0.2) is 4.98 Å². The second-order valence-corrected chi connectivity index (χ2v) is 9.57. The second-order valence-electron chi connectivity index (χ2n) is 8.72. The van der Waals surface area contributed by atoms with Crippen LogP contribution in [0, 0.1) is 6.92 Å². The molecule has 0 saturated carbocycles. The van der Waals surface area contributed by atoms with Gasteiger partial charge in [0, 0.05) is 40.3 Å². The molecule has 2 aromatic carbocycles. The van der Waals surface area contributed by atoms with Crippen molar-refractivity contribution < 1.29 is 4.79 Å². The van der Waals surface area contributed by atoms with Crippen molar-refractivity contribution in [3.05, 3.63) is 89.1 Å². The average Bonchev–Trinajstić information content (AvgIpc) is 3.25. The first-order valence-electron chi connectivity index (χ1n) is 10.4. The van der Waals surface area contributed by atoms with Gasteiger partial charge in [0.15, 0.2) is 5.13 Å². The van der Waals surface area contributed by atoms with Crippen molar-refractivity contribution in [2.24, 2.45) is 0 Å². The number of nitrogens with zero attached hydrogens (tertiary/aromatic N) is 2. The number of aryl methyl sites for hydroxylation is 1. The fraction of sp³-hybridized carbons (Fsp3) is 0.192. The van der Waals surface area contributed by atoms with Gasteiger partial charge in [-0.3, -0.25) is 9.78 Å². The van der Waals surface area contributed by atoms with Crippen molar-refractivity contribution in [3.8, 4) is 11.3 Å². The first-order chi connectivity index (χ1) is 15.3. The van der Waals surface area contributed by atoms with Crippen LogP contribution in [-0.2, 0) is 5.41 Å². The van der Waals surface area contributed by atoms with E-state index in [1.165, 1.54) is 16.9 Å². The van der Waals surface area contributed by atoms with Crippen LogP contribution in [0.2, 0.25) is 0 Å². The first kappa shape index (κ1) is 21.7. The number of benzene rings is 2. The van der Waals surface area contributed by atoms with Crippen LogP contribution in [0.3, 0.4) is 0 Å². The standard InChI is InChI=1S/C26H26N4OS/c1-17-7-12-21(28-24(31)18-8-10-20(11-9-18)26(2,3)4)14-22(17)29-25-30-23(16-32-25)19-6-5-13-27-15-19/h5-16H,1-4H3,(H,28,31)(H,29,30). The minimum Gasteiger partial charge on any atom is -0.331 e. The van der Waals surface area contributed by atoms with Crippen molar-refractivity contribution in [2.45, 2.75) is 33.1 Å². The summed E-state index contributed by atoms with van der Waals surface area (Å²) in [5.41, 5.74) is 6.44. The quantitative estimate of drug-likeness (QED) is 0.356. The number of carbonyl (C=O) groups excluding carboxylic acids is 1. The van der Waals surface area contributed by atoms with E-state index in [2.05, 4.69) is 41.4 Å². The van der Waals surface area contributed by atoms with Crippen LogP contribution in [0.1, 0.15) is 42.3 Å². The van der Waals surface area contributed by atoms with Gasteiger partial charge in [-0.05, 0) is 59.9 Å². The highest BCUT2D eigenvalue weighted by Crippen LogP contribution is 2.29. The van der Waals surface area contributed by atoms with Crippen molar-refractivity contribution in [1.82, 2.24) is 9.97 Å². The number of amides is 1. The van der Waals surface area contributed by atoms with E-state index >= 15 is 0 Å². The molecule has 2 N–H and O–H groups in total. The highest BCUT2D eigenvalue weighted by Gasteiger charge is 2.15. The van der Waals surface area contributed by atoms with E-state index < -0.39 is 0 Å². The molecular weight excluding hydrogens is 416 g/mol. The number of nitrogens with one attached hydrogen (secondary N) is 2. The molecular formula is C26H26N4OS. The third kappa shape index (κ3) is 5.03.